The van der Waals surface area contributed by atoms with Gasteiger partial charge in [-0.15, -0.1) is 11.3 Å². The third-order valence-electron chi connectivity index (χ3n) is 4.80. The maximum atomic E-state index is 13.0. The Morgan fingerprint density at radius 1 is 1.23 bits per heavy atom. The molecule has 1 saturated heterocycles. The Balaban J connectivity index is 1.89. The first kappa shape index (κ1) is 18.9. The number of aryl methyl sites for hydroxylation is 1. The van der Waals surface area contributed by atoms with Crippen molar-refractivity contribution in [2.45, 2.75) is 31.6 Å². The molecule has 1 aliphatic rings. The molecule has 1 fully saturated rings. The largest absolute Gasteiger partial charge is 0.338 e. The fourth-order valence-electron chi connectivity index (χ4n) is 3.23. The molecule has 0 spiro atoms. The van der Waals surface area contributed by atoms with Gasteiger partial charge in [0.15, 0.2) is 0 Å². The van der Waals surface area contributed by atoms with Crippen LogP contribution in [0.5, 0.6) is 0 Å². The van der Waals surface area contributed by atoms with Gasteiger partial charge in [-0.05, 0) is 49.3 Å². The van der Waals surface area contributed by atoms with Crippen LogP contribution in [0.2, 0.25) is 0 Å². The number of likely N-dealkylation sites (tertiary alicyclic amines) is 1. The molecule has 0 N–H and O–H groups in total. The van der Waals surface area contributed by atoms with Crippen LogP contribution in [0.15, 0.2) is 40.6 Å². The Kier molecular flexibility index (Phi) is 5.39. The normalized spacial score (nSPS) is 18.0. The molecule has 1 atom stereocenters. The second-order valence-corrected chi connectivity index (χ2v) is 9.80. The Morgan fingerprint density at radius 3 is 2.58 bits per heavy atom. The van der Waals surface area contributed by atoms with Gasteiger partial charge in [0.25, 0.3) is 15.9 Å². The summed E-state index contributed by atoms with van der Waals surface area (Å²) in [5, 5.41) is 1.77. The molecule has 0 radical (unpaired) electrons. The van der Waals surface area contributed by atoms with E-state index in [0.717, 1.165) is 31.5 Å². The summed E-state index contributed by atoms with van der Waals surface area (Å²) in [7, 11) is -2.20. The highest BCUT2D eigenvalue weighted by atomic mass is 32.2. The lowest BCUT2D eigenvalue weighted by Gasteiger charge is -2.31. The van der Waals surface area contributed by atoms with Gasteiger partial charge in [0, 0.05) is 20.1 Å². The van der Waals surface area contributed by atoms with Crippen LogP contribution in [-0.2, 0) is 10.0 Å². The highest BCUT2D eigenvalue weighted by Gasteiger charge is 2.29. The number of nitrogens with zero attached hydrogens (tertiary/aromatic N) is 2. The van der Waals surface area contributed by atoms with Crippen LogP contribution in [0.4, 0.5) is 5.69 Å². The summed E-state index contributed by atoms with van der Waals surface area (Å²) in [6.07, 6.45) is 2.12. The van der Waals surface area contributed by atoms with E-state index >= 15 is 0 Å². The van der Waals surface area contributed by atoms with Crippen LogP contribution in [0.1, 0.15) is 35.0 Å². The molecule has 1 aromatic carbocycles. The van der Waals surface area contributed by atoms with Crippen molar-refractivity contribution in [2.75, 3.05) is 24.4 Å². The average molecular weight is 393 g/mol. The first-order valence-electron chi connectivity index (χ1n) is 8.73. The number of rotatable bonds is 4. The van der Waals surface area contributed by atoms with Crippen molar-refractivity contribution in [3.63, 3.8) is 0 Å². The standard InChI is InChI=1S/C19H24N2O3S2/c1-14-6-8-16(9-7-14)26(23,24)20(3)17-10-12-25-18(17)19(22)21-11-4-5-15(2)13-21/h6-10,12,15H,4-5,11,13H2,1-3H3/t15-/m1/s1. The predicted octanol–water partition coefficient (Wildman–Crippen LogP) is 3.75. The second-order valence-electron chi connectivity index (χ2n) is 6.92. The smallest absolute Gasteiger partial charge is 0.266 e. The van der Waals surface area contributed by atoms with Gasteiger partial charge in [-0.3, -0.25) is 9.10 Å². The van der Waals surface area contributed by atoms with Crippen molar-refractivity contribution in [3.8, 4) is 0 Å². The molecule has 1 aliphatic heterocycles. The van der Waals surface area contributed by atoms with E-state index in [2.05, 4.69) is 6.92 Å². The van der Waals surface area contributed by atoms with Gasteiger partial charge >= 0.3 is 0 Å². The number of benzene rings is 1. The van der Waals surface area contributed by atoms with Crippen molar-refractivity contribution in [1.82, 2.24) is 4.90 Å². The molecule has 1 aromatic heterocycles. The number of sulfonamides is 1. The van der Waals surface area contributed by atoms with Crippen molar-refractivity contribution in [1.29, 1.82) is 0 Å². The van der Waals surface area contributed by atoms with E-state index in [4.69, 9.17) is 0 Å². The lowest BCUT2D eigenvalue weighted by atomic mass is 10.0. The van der Waals surface area contributed by atoms with Crippen molar-refractivity contribution in [2.24, 2.45) is 5.92 Å². The summed E-state index contributed by atoms with van der Waals surface area (Å²) < 4.78 is 27.1. The molecule has 0 bridgehead atoms. The van der Waals surface area contributed by atoms with Crippen LogP contribution >= 0.6 is 11.3 Å². The number of hydrogen-bond donors (Lipinski definition) is 0. The van der Waals surface area contributed by atoms with Gasteiger partial charge in [0.1, 0.15) is 4.88 Å². The Labute approximate surface area is 159 Å². The summed E-state index contributed by atoms with van der Waals surface area (Å²) in [6.45, 7) is 5.51. The quantitative estimate of drug-likeness (QED) is 0.796. The average Bonchev–Trinajstić information content (AvgIpc) is 3.10. The first-order valence-corrected chi connectivity index (χ1v) is 11.0. The summed E-state index contributed by atoms with van der Waals surface area (Å²) in [4.78, 5) is 15.5. The lowest BCUT2D eigenvalue weighted by Crippen LogP contribution is -2.39. The van der Waals surface area contributed by atoms with Gasteiger partial charge in [-0.25, -0.2) is 8.42 Å². The molecule has 140 valence electrons. The van der Waals surface area contributed by atoms with Crippen LogP contribution in [-0.4, -0.2) is 39.4 Å². The van der Waals surface area contributed by atoms with Crippen molar-refractivity contribution < 1.29 is 13.2 Å². The Morgan fingerprint density at radius 2 is 1.92 bits per heavy atom. The van der Waals surface area contributed by atoms with Crippen molar-refractivity contribution in [3.05, 3.63) is 46.2 Å². The summed E-state index contributed by atoms with van der Waals surface area (Å²) in [5.74, 6) is 0.401. The Hall–Kier alpha value is -1.86. The number of carbonyl (C=O) groups is 1. The zero-order valence-corrected chi connectivity index (χ0v) is 16.9. The highest BCUT2D eigenvalue weighted by molar-refractivity contribution is 7.92. The molecule has 0 unspecified atom stereocenters. The zero-order chi connectivity index (χ0) is 18.9. The first-order chi connectivity index (χ1) is 12.3. The van der Waals surface area contributed by atoms with Crippen LogP contribution in [0.3, 0.4) is 0 Å². The fourth-order valence-corrected chi connectivity index (χ4v) is 5.38. The lowest BCUT2D eigenvalue weighted by molar-refractivity contribution is 0.0689. The monoisotopic (exact) mass is 392 g/mol. The summed E-state index contributed by atoms with van der Waals surface area (Å²) >= 11 is 1.30. The fraction of sp³-hybridized carbons (Fsp3) is 0.421. The molecule has 0 aliphatic carbocycles. The van der Waals surface area contributed by atoms with E-state index in [0.29, 0.717) is 16.5 Å². The van der Waals surface area contributed by atoms with E-state index in [1.165, 1.54) is 22.7 Å². The Bertz CT molecular complexity index is 888. The number of thiophene rings is 1. The third-order valence-corrected chi connectivity index (χ3v) is 7.48. The van der Waals surface area contributed by atoms with Gasteiger partial charge in [-0.2, -0.15) is 0 Å². The summed E-state index contributed by atoms with van der Waals surface area (Å²) in [5.41, 5.74) is 1.44. The summed E-state index contributed by atoms with van der Waals surface area (Å²) in [6, 6.07) is 8.45. The molecule has 2 aromatic rings. The van der Waals surface area contributed by atoms with Gasteiger partial charge in [-0.1, -0.05) is 24.6 Å². The van der Waals surface area contributed by atoms with Crippen LogP contribution < -0.4 is 4.31 Å². The van der Waals surface area contributed by atoms with Gasteiger partial charge in [0.05, 0.1) is 10.6 Å². The number of piperidine rings is 1. The predicted molar refractivity (Wildman–Crippen MR) is 105 cm³/mol. The number of carbonyl (C=O) groups excluding carboxylic acids is 1. The minimum absolute atomic E-state index is 0.0764. The molecular weight excluding hydrogens is 368 g/mol. The van der Waals surface area contributed by atoms with Crippen LogP contribution in [0, 0.1) is 12.8 Å². The van der Waals surface area contributed by atoms with E-state index in [1.807, 2.05) is 11.8 Å². The molecule has 7 heteroatoms. The van der Waals surface area contributed by atoms with E-state index < -0.39 is 10.0 Å². The second kappa shape index (κ2) is 7.40. The molecule has 2 heterocycles. The highest BCUT2D eigenvalue weighted by Crippen LogP contribution is 2.32. The number of amides is 1. The number of anilines is 1. The zero-order valence-electron chi connectivity index (χ0n) is 15.3. The molecule has 3 rings (SSSR count). The maximum absolute atomic E-state index is 13.0. The molecule has 1 amide bonds. The maximum Gasteiger partial charge on any atom is 0.266 e. The van der Waals surface area contributed by atoms with Gasteiger partial charge in [0.2, 0.25) is 0 Å². The molecule has 5 nitrogen and oxygen atoms in total. The number of hydrogen-bond acceptors (Lipinski definition) is 4. The molecule has 0 saturated carbocycles. The minimum Gasteiger partial charge on any atom is -0.338 e. The minimum atomic E-state index is -3.71. The molecule has 26 heavy (non-hydrogen) atoms. The van der Waals surface area contributed by atoms with E-state index in [9.17, 15) is 13.2 Å². The van der Waals surface area contributed by atoms with Crippen molar-refractivity contribution >= 4 is 33.0 Å². The van der Waals surface area contributed by atoms with E-state index in [-0.39, 0.29) is 10.8 Å². The van der Waals surface area contributed by atoms with E-state index in [1.54, 1.807) is 35.7 Å². The third kappa shape index (κ3) is 3.64. The van der Waals surface area contributed by atoms with Gasteiger partial charge < -0.3 is 4.90 Å². The SMILES string of the molecule is Cc1ccc(S(=O)(=O)N(C)c2ccsc2C(=O)N2CCC[C@@H](C)C2)cc1. The molecular formula is C19H24N2O3S2. The topological polar surface area (TPSA) is 57.7 Å². The van der Waals surface area contributed by atoms with Crippen LogP contribution in [0.25, 0.3) is 0 Å².